The monoisotopic (exact) mass is 333 g/mol. The smallest absolute Gasteiger partial charge is 0.180 e. The van der Waals surface area contributed by atoms with E-state index in [0.29, 0.717) is 6.10 Å². The second kappa shape index (κ2) is 4.39. The first-order valence-corrected chi connectivity index (χ1v) is 6.53. The van der Waals surface area contributed by atoms with E-state index in [0.717, 1.165) is 28.0 Å². The Balaban J connectivity index is 2.20. The maximum absolute atomic E-state index is 5.83. The third-order valence-corrected chi connectivity index (χ3v) is 2.62. The molecule has 1 fully saturated rings. The van der Waals surface area contributed by atoms with Gasteiger partial charge in [0.1, 0.15) is 9.30 Å². The van der Waals surface area contributed by atoms with Gasteiger partial charge in [-0.25, -0.2) is 4.98 Å². The summed E-state index contributed by atoms with van der Waals surface area (Å²) < 4.78 is 12.6. The van der Waals surface area contributed by atoms with Gasteiger partial charge in [0.25, 0.3) is 0 Å². The quantitative estimate of drug-likeness (QED) is 0.628. The fraction of sp³-hybridized carbons (Fsp3) is 0.583. The van der Waals surface area contributed by atoms with E-state index in [-0.39, 0.29) is 5.60 Å². The van der Waals surface area contributed by atoms with Crippen molar-refractivity contribution in [2.24, 2.45) is 0 Å². The molecule has 0 atom stereocenters. The van der Waals surface area contributed by atoms with Crippen molar-refractivity contribution in [2.45, 2.75) is 45.3 Å². The van der Waals surface area contributed by atoms with E-state index in [1.54, 1.807) is 6.20 Å². The summed E-state index contributed by atoms with van der Waals surface area (Å²) in [6.45, 7) is 6.06. The molecular weight excluding hydrogens is 317 g/mol. The first-order valence-electron chi connectivity index (χ1n) is 5.45. The van der Waals surface area contributed by atoms with Gasteiger partial charge in [0, 0.05) is 6.07 Å². The van der Waals surface area contributed by atoms with E-state index in [4.69, 9.17) is 9.47 Å². The second-order valence-corrected chi connectivity index (χ2v) is 6.09. The highest BCUT2D eigenvalue weighted by Crippen LogP contribution is 2.35. The van der Waals surface area contributed by atoms with E-state index in [9.17, 15) is 0 Å². The molecule has 0 unspecified atom stereocenters. The first-order chi connectivity index (χ1) is 7.44. The lowest BCUT2D eigenvalue weighted by Crippen LogP contribution is -2.23. The number of hydrogen-bond donors (Lipinski definition) is 0. The molecule has 88 valence electrons. The van der Waals surface area contributed by atoms with Crippen molar-refractivity contribution >= 4 is 22.6 Å². The zero-order valence-electron chi connectivity index (χ0n) is 9.79. The van der Waals surface area contributed by atoms with Gasteiger partial charge in [0.2, 0.25) is 0 Å². The van der Waals surface area contributed by atoms with Crippen molar-refractivity contribution in [3.63, 3.8) is 0 Å². The standard InChI is InChI=1S/C12H16INO2/c1-12(2,3)16-10-7-14-11(13)6-9(10)15-8-4-5-8/h6-8H,4-5H2,1-3H3. The van der Waals surface area contributed by atoms with Crippen LogP contribution in [0.5, 0.6) is 11.5 Å². The van der Waals surface area contributed by atoms with E-state index in [2.05, 4.69) is 27.6 Å². The van der Waals surface area contributed by atoms with E-state index < -0.39 is 0 Å². The molecule has 2 rings (SSSR count). The summed E-state index contributed by atoms with van der Waals surface area (Å²) in [6, 6.07) is 1.93. The molecule has 1 aromatic rings. The number of rotatable bonds is 3. The molecule has 16 heavy (non-hydrogen) atoms. The number of aromatic nitrogens is 1. The van der Waals surface area contributed by atoms with E-state index in [1.807, 2.05) is 26.8 Å². The number of ether oxygens (including phenoxy) is 2. The van der Waals surface area contributed by atoms with Gasteiger partial charge in [-0.05, 0) is 56.2 Å². The number of pyridine rings is 1. The molecule has 1 aliphatic carbocycles. The molecule has 1 heterocycles. The van der Waals surface area contributed by atoms with Crippen LogP contribution in [0.25, 0.3) is 0 Å². The van der Waals surface area contributed by atoms with Crippen molar-refractivity contribution < 1.29 is 9.47 Å². The lowest BCUT2D eigenvalue weighted by atomic mass is 10.2. The summed E-state index contributed by atoms with van der Waals surface area (Å²) in [6.07, 6.45) is 4.41. The van der Waals surface area contributed by atoms with Crippen LogP contribution in [0, 0.1) is 3.70 Å². The molecule has 0 radical (unpaired) electrons. The third-order valence-electron chi connectivity index (χ3n) is 2.03. The Labute approximate surface area is 110 Å². The van der Waals surface area contributed by atoms with Gasteiger partial charge in [-0.2, -0.15) is 0 Å². The molecule has 0 amide bonds. The summed E-state index contributed by atoms with van der Waals surface area (Å²) in [5.41, 5.74) is -0.226. The fourth-order valence-electron chi connectivity index (χ4n) is 1.26. The van der Waals surface area contributed by atoms with E-state index >= 15 is 0 Å². The summed E-state index contributed by atoms with van der Waals surface area (Å²) in [4.78, 5) is 4.23. The van der Waals surface area contributed by atoms with Crippen molar-refractivity contribution in [1.82, 2.24) is 4.98 Å². The van der Waals surface area contributed by atoms with Crippen LogP contribution < -0.4 is 9.47 Å². The maximum Gasteiger partial charge on any atom is 0.180 e. The summed E-state index contributed by atoms with van der Waals surface area (Å²) in [5.74, 6) is 1.55. The van der Waals surface area contributed by atoms with Gasteiger partial charge in [-0.1, -0.05) is 0 Å². The molecule has 4 heteroatoms. The highest BCUT2D eigenvalue weighted by Gasteiger charge is 2.26. The number of halogens is 1. The molecule has 1 saturated carbocycles. The molecule has 1 aromatic heterocycles. The highest BCUT2D eigenvalue weighted by atomic mass is 127. The average molecular weight is 333 g/mol. The minimum Gasteiger partial charge on any atom is -0.486 e. The predicted octanol–water partition coefficient (Wildman–Crippen LogP) is 3.40. The average Bonchev–Trinajstić information content (AvgIpc) is 2.91. The Morgan fingerprint density at radius 2 is 2.00 bits per heavy atom. The molecule has 0 spiro atoms. The minimum atomic E-state index is -0.226. The van der Waals surface area contributed by atoms with Crippen LogP contribution in [0.3, 0.4) is 0 Å². The van der Waals surface area contributed by atoms with Gasteiger partial charge in [-0.15, -0.1) is 0 Å². The summed E-state index contributed by atoms with van der Waals surface area (Å²) in [7, 11) is 0. The van der Waals surface area contributed by atoms with Crippen LogP contribution in [-0.2, 0) is 0 Å². The van der Waals surface area contributed by atoms with Crippen molar-refractivity contribution in [3.8, 4) is 11.5 Å². The highest BCUT2D eigenvalue weighted by molar-refractivity contribution is 14.1. The molecular formula is C12H16INO2. The van der Waals surface area contributed by atoms with Crippen LogP contribution in [-0.4, -0.2) is 16.7 Å². The normalized spacial score (nSPS) is 16.0. The SMILES string of the molecule is CC(C)(C)Oc1cnc(I)cc1OC1CC1. The fourth-order valence-corrected chi connectivity index (χ4v) is 1.69. The minimum absolute atomic E-state index is 0.226. The summed E-state index contributed by atoms with van der Waals surface area (Å²) >= 11 is 2.18. The Hall–Kier alpha value is -0.520. The Bertz CT molecular complexity index is 383. The third kappa shape index (κ3) is 3.50. The van der Waals surface area contributed by atoms with Crippen LogP contribution in [0.4, 0.5) is 0 Å². The van der Waals surface area contributed by atoms with Gasteiger partial charge < -0.3 is 9.47 Å². The first kappa shape index (κ1) is 12.0. The molecule has 0 saturated heterocycles. The topological polar surface area (TPSA) is 31.4 Å². The molecule has 0 bridgehead atoms. The van der Waals surface area contributed by atoms with Crippen LogP contribution in [0.1, 0.15) is 33.6 Å². The van der Waals surface area contributed by atoms with Gasteiger partial charge >= 0.3 is 0 Å². The molecule has 3 nitrogen and oxygen atoms in total. The van der Waals surface area contributed by atoms with Crippen molar-refractivity contribution in [1.29, 1.82) is 0 Å². The van der Waals surface area contributed by atoms with Crippen LogP contribution in [0.15, 0.2) is 12.3 Å². The maximum atomic E-state index is 5.83. The number of nitrogens with zero attached hydrogens (tertiary/aromatic N) is 1. The molecule has 1 aliphatic rings. The second-order valence-electron chi connectivity index (χ2n) is 4.99. The van der Waals surface area contributed by atoms with Crippen molar-refractivity contribution in [2.75, 3.05) is 0 Å². The lowest BCUT2D eigenvalue weighted by molar-refractivity contribution is 0.122. The largest absolute Gasteiger partial charge is 0.486 e. The molecule has 0 N–H and O–H groups in total. The molecule has 0 aliphatic heterocycles. The lowest BCUT2D eigenvalue weighted by Gasteiger charge is -2.22. The zero-order chi connectivity index (χ0) is 11.8. The van der Waals surface area contributed by atoms with Crippen LogP contribution in [0.2, 0.25) is 0 Å². The van der Waals surface area contributed by atoms with Gasteiger partial charge in [0.15, 0.2) is 11.5 Å². The number of hydrogen-bond acceptors (Lipinski definition) is 3. The van der Waals surface area contributed by atoms with Crippen molar-refractivity contribution in [3.05, 3.63) is 16.0 Å². The van der Waals surface area contributed by atoms with Gasteiger partial charge in [-0.3, -0.25) is 0 Å². The Morgan fingerprint density at radius 1 is 1.31 bits per heavy atom. The predicted molar refractivity (Wildman–Crippen MR) is 71.0 cm³/mol. The van der Waals surface area contributed by atoms with E-state index in [1.165, 1.54) is 0 Å². The van der Waals surface area contributed by atoms with Crippen LogP contribution >= 0.6 is 22.6 Å². The summed E-state index contributed by atoms with van der Waals surface area (Å²) in [5, 5.41) is 0. The Morgan fingerprint density at radius 3 is 2.56 bits per heavy atom. The Kier molecular flexibility index (Phi) is 3.28. The van der Waals surface area contributed by atoms with Gasteiger partial charge in [0.05, 0.1) is 12.3 Å². The zero-order valence-corrected chi connectivity index (χ0v) is 11.9. The molecule has 0 aromatic carbocycles.